The molecule has 82 valence electrons. The minimum Gasteiger partial charge on any atom is -0.395 e. The number of aromatic nitrogens is 3. The van der Waals surface area contributed by atoms with Crippen LogP contribution in [0.2, 0.25) is 0 Å². The summed E-state index contributed by atoms with van der Waals surface area (Å²) in [6.07, 6.45) is 5.14. The molecule has 2 aromatic rings. The largest absolute Gasteiger partial charge is 0.395 e. The summed E-state index contributed by atoms with van der Waals surface area (Å²) in [5, 5.41) is 11.5. The van der Waals surface area contributed by atoms with Gasteiger partial charge in [-0.25, -0.2) is 9.97 Å². The van der Waals surface area contributed by atoms with Crippen molar-refractivity contribution in [3.05, 3.63) is 36.8 Å². The van der Waals surface area contributed by atoms with Crippen LogP contribution in [-0.4, -0.2) is 33.2 Å². The molecule has 0 saturated carbocycles. The van der Waals surface area contributed by atoms with Crippen molar-refractivity contribution in [3.63, 3.8) is 0 Å². The fourth-order valence-electron chi connectivity index (χ4n) is 1.25. The number of aliphatic hydroxyl groups excluding tert-OH is 1. The molecule has 5 heteroatoms. The first-order valence-electron chi connectivity index (χ1n) is 4.98. The number of hydrogen-bond acceptors (Lipinski definition) is 5. The minimum atomic E-state index is 0.0609. The van der Waals surface area contributed by atoms with E-state index in [1.807, 2.05) is 18.2 Å². The van der Waals surface area contributed by atoms with Crippen molar-refractivity contribution in [1.29, 1.82) is 0 Å². The highest BCUT2D eigenvalue weighted by molar-refractivity contribution is 5.56. The molecule has 0 atom stereocenters. The molecule has 0 amide bonds. The molecule has 0 aliphatic heterocycles. The number of anilines is 1. The molecule has 5 nitrogen and oxygen atoms in total. The van der Waals surface area contributed by atoms with Gasteiger partial charge >= 0.3 is 0 Å². The van der Waals surface area contributed by atoms with E-state index in [1.165, 1.54) is 0 Å². The molecule has 2 heterocycles. The number of rotatable bonds is 4. The van der Waals surface area contributed by atoms with Crippen LogP contribution in [0.4, 0.5) is 5.95 Å². The van der Waals surface area contributed by atoms with Gasteiger partial charge in [-0.05, 0) is 12.1 Å². The Morgan fingerprint density at radius 3 is 2.56 bits per heavy atom. The third-order valence-electron chi connectivity index (χ3n) is 2.01. The molecule has 0 bridgehead atoms. The molecule has 0 aromatic carbocycles. The molecule has 0 unspecified atom stereocenters. The van der Waals surface area contributed by atoms with E-state index in [0.29, 0.717) is 12.5 Å². The van der Waals surface area contributed by atoms with Crippen LogP contribution in [-0.2, 0) is 0 Å². The van der Waals surface area contributed by atoms with Gasteiger partial charge in [0.2, 0.25) is 5.95 Å². The summed E-state index contributed by atoms with van der Waals surface area (Å²) >= 11 is 0. The maximum atomic E-state index is 8.63. The molecular formula is C11H12N4O. The van der Waals surface area contributed by atoms with Crippen LogP contribution in [0.3, 0.4) is 0 Å². The molecule has 0 aliphatic rings. The van der Waals surface area contributed by atoms with Crippen molar-refractivity contribution >= 4 is 5.95 Å². The molecule has 2 rings (SSSR count). The van der Waals surface area contributed by atoms with E-state index in [2.05, 4.69) is 20.3 Å². The highest BCUT2D eigenvalue weighted by Gasteiger charge is 2.00. The van der Waals surface area contributed by atoms with E-state index < -0.39 is 0 Å². The van der Waals surface area contributed by atoms with E-state index >= 15 is 0 Å². The SMILES string of the molecule is OCCNc1ncc(-c2ccccn2)cn1. The van der Waals surface area contributed by atoms with Gasteiger partial charge in [-0.15, -0.1) is 0 Å². The molecule has 2 N–H and O–H groups in total. The molecule has 0 aliphatic carbocycles. The quantitative estimate of drug-likeness (QED) is 0.796. The molecule has 0 fully saturated rings. The number of nitrogens with zero attached hydrogens (tertiary/aromatic N) is 3. The standard InChI is InChI=1S/C11H12N4O/c16-6-5-13-11-14-7-9(8-15-11)10-3-1-2-4-12-10/h1-4,7-8,16H,5-6H2,(H,13,14,15). The van der Waals surface area contributed by atoms with E-state index in [4.69, 9.17) is 5.11 Å². The predicted molar refractivity (Wildman–Crippen MR) is 60.8 cm³/mol. The maximum Gasteiger partial charge on any atom is 0.222 e. The molecule has 0 saturated heterocycles. The third kappa shape index (κ3) is 2.52. The van der Waals surface area contributed by atoms with E-state index in [1.54, 1.807) is 18.6 Å². The van der Waals surface area contributed by atoms with Gasteiger partial charge in [-0.2, -0.15) is 0 Å². The van der Waals surface area contributed by atoms with Gasteiger partial charge in [0.25, 0.3) is 0 Å². The Morgan fingerprint density at radius 1 is 1.12 bits per heavy atom. The van der Waals surface area contributed by atoms with E-state index in [9.17, 15) is 0 Å². The lowest BCUT2D eigenvalue weighted by molar-refractivity contribution is 0.311. The first kappa shape index (κ1) is 10.5. The topological polar surface area (TPSA) is 70.9 Å². The van der Waals surface area contributed by atoms with Crippen molar-refractivity contribution < 1.29 is 5.11 Å². The average Bonchev–Trinajstić information content (AvgIpc) is 2.38. The summed E-state index contributed by atoms with van der Waals surface area (Å²) in [4.78, 5) is 12.4. The monoisotopic (exact) mass is 216 g/mol. The summed E-state index contributed by atoms with van der Waals surface area (Å²) in [7, 11) is 0. The minimum absolute atomic E-state index is 0.0609. The van der Waals surface area contributed by atoms with Gasteiger partial charge in [0.1, 0.15) is 0 Å². The summed E-state index contributed by atoms with van der Waals surface area (Å²) in [5.41, 5.74) is 1.71. The lowest BCUT2D eigenvalue weighted by atomic mass is 10.2. The Kier molecular flexibility index (Phi) is 3.40. The highest BCUT2D eigenvalue weighted by atomic mass is 16.3. The van der Waals surface area contributed by atoms with E-state index in [-0.39, 0.29) is 6.61 Å². The summed E-state index contributed by atoms with van der Waals surface area (Å²) in [6.45, 7) is 0.508. The van der Waals surface area contributed by atoms with Crippen molar-refractivity contribution in [3.8, 4) is 11.3 Å². The lowest BCUT2D eigenvalue weighted by Crippen LogP contribution is -2.08. The fourth-order valence-corrected chi connectivity index (χ4v) is 1.25. The van der Waals surface area contributed by atoms with E-state index in [0.717, 1.165) is 11.3 Å². The van der Waals surface area contributed by atoms with Crippen molar-refractivity contribution in [2.75, 3.05) is 18.5 Å². The second-order valence-corrected chi connectivity index (χ2v) is 3.16. The Hall–Kier alpha value is -2.01. The summed E-state index contributed by atoms with van der Waals surface area (Å²) in [6, 6.07) is 5.68. The van der Waals surface area contributed by atoms with Crippen molar-refractivity contribution in [2.24, 2.45) is 0 Å². The van der Waals surface area contributed by atoms with Crippen LogP contribution in [0.15, 0.2) is 36.8 Å². The summed E-state index contributed by atoms with van der Waals surface area (Å²) < 4.78 is 0. The fraction of sp³-hybridized carbons (Fsp3) is 0.182. The third-order valence-corrected chi connectivity index (χ3v) is 2.01. The first-order chi connectivity index (χ1) is 7.90. The first-order valence-corrected chi connectivity index (χ1v) is 4.98. The lowest BCUT2D eigenvalue weighted by Gasteiger charge is -2.03. The van der Waals surface area contributed by atoms with Crippen molar-refractivity contribution in [2.45, 2.75) is 0 Å². The normalized spacial score (nSPS) is 10.1. The number of hydrogen-bond donors (Lipinski definition) is 2. The Morgan fingerprint density at radius 2 is 1.94 bits per heavy atom. The Labute approximate surface area is 93.2 Å². The molecule has 0 spiro atoms. The Bertz CT molecular complexity index is 429. The zero-order valence-electron chi connectivity index (χ0n) is 8.67. The van der Waals surface area contributed by atoms with Gasteiger partial charge in [0.15, 0.2) is 0 Å². The Balaban J connectivity index is 2.13. The van der Waals surface area contributed by atoms with Crippen LogP contribution in [0.25, 0.3) is 11.3 Å². The van der Waals surface area contributed by atoms with Crippen LogP contribution in [0, 0.1) is 0 Å². The predicted octanol–water partition coefficient (Wildman–Crippen LogP) is 0.943. The van der Waals surface area contributed by atoms with Crippen molar-refractivity contribution in [1.82, 2.24) is 15.0 Å². The second kappa shape index (κ2) is 5.18. The zero-order valence-corrected chi connectivity index (χ0v) is 8.67. The summed E-state index contributed by atoms with van der Waals surface area (Å²) in [5.74, 6) is 0.508. The van der Waals surface area contributed by atoms with Crippen LogP contribution < -0.4 is 5.32 Å². The van der Waals surface area contributed by atoms with Gasteiger partial charge in [0.05, 0.1) is 12.3 Å². The number of pyridine rings is 1. The molecule has 0 radical (unpaired) electrons. The maximum absolute atomic E-state index is 8.63. The average molecular weight is 216 g/mol. The van der Waals surface area contributed by atoms with Crippen LogP contribution in [0.1, 0.15) is 0 Å². The molecule has 2 aromatic heterocycles. The van der Waals surface area contributed by atoms with Gasteiger partial charge in [-0.1, -0.05) is 6.07 Å². The molecular weight excluding hydrogens is 204 g/mol. The van der Waals surface area contributed by atoms with Gasteiger partial charge in [0, 0.05) is 30.7 Å². The smallest absolute Gasteiger partial charge is 0.222 e. The zero-order chi connectivity index (χ0) is 11.2. The van der Waals surface area contributed by atoms with Gasteiger partial charge in [-0.3, -0.25) is 4.98 Å². The van der Waals surface area contributed by atoms with Crippen LogP contribution >= 0.6 is 0 Å². The number of aliphatic hydroxyl groups is 1. The molecule has 16 heavy (non-hydrogen) atoms. The second-order valence-electron chi connectivity index (χ2n) is 3.16. The number of nitrogens with one attached hydrogen (secondary N) is 1. The van der Waals surface area contributed by atoms with Crippen LogP contribution in [0.5, 0.6) is 0 Å². The van der Waals surface area contributed by atoms with Gasteiger partial charge < -0.3 is 10.4 Å². The highest BCUT2D eigenvalue weighted by Crippen LogP contribution is 2.14.